The average Bonchev–Trinajstić information content (AvgIpc) is 3.93. The maximum atomic E-state index is 13.9. The van der Waals surface area contributed by atoms with Crippen molar-refractivity contribution < 1.29 is 33.4 Å². The molecule has 6 N–H and O–H groups in total. The first-order chi connectivity index (χ1) is 23.3. The zero-order chi connectivity index (χ0) is 35.8. The third-order valence-electron chi connectivity index (χ3n) is 8.14. The van der Waals surface area contributed by atoms with Crippen LogP contribution in [0.4, 0.5) is 0 Å². The van der Waals surface area contributed by atoms with Crippen molar-refractivity contribution in [3.05, 3.63) is 88.8 Å². The maximum Gasteiger partial charge on any atom is 0.357 e. The molecule has 258 valence electrons. The number of hydrogen-bond donors (Lipinski definition) is 4. The van der Waals surface area contributed by atoms with Crippen LogP contribution < -0.4 is 21.5 Å². The van der Waals surface area contributed by atoms with Gasteiger partial charge in [-0.15, -0.1) is 0 Å². The van der Waals surface area contributed by atoms with E-state index in [9.17, 15) is 19.2 Å². The Labute approximate surface area is 285 Å². The monoisotopic (exact) mass is 669 g/mol. The lowest BCUT2D eigenvalue weighted by atomic mass is 9.90. The first-order valence-electron chi connectivity index (χ1n) is 16.1. The van der Waals surface area contributed by atoms with E-state index in [2.05, 4.69) is 16.9 Å². The van der Waals surface area contributed by atoms with Crippen LogP contribution in [-0.2, 0) is 20.7 Å². The molecule has 2 aromatic carbocycles. The summed E-state index contributed by atoms with van der Waals surface area (Å²) in [5, 5.41) is 10.5. The molecular weight excluding hydrogens is 626 g/mol. The third kappa shape index (κ3) is 9.38. The fourth-order valence-corrected chi connectivity index (χ4v) is 4.92. The van der Waals surface area contributed by atoms with Crippen LogP contribution in [0.15, 0.2) is 55.1 Å². The minimum atomic E-state index is -0.895. The number of benzene rings is 2. The van der Waals surface area contributed by atoms with E-state index in [0.29, 0.717) is 40.5 Å². The van der Waals surface area contributed by atoms with Crippen molar-refractivity contribution in [2.45, 2.75) is 52.2 Å². The van der Waals surface area contributed by atoms with Crippen molar-refractivity contribution >= 4 is 35.5 Å². The van der Waals surface area contributed by atoms with Gasteiger partial charge >= 0.3 is 11.9 Å². The maximum absolute atomic E-state index is 13.9. The van der Waals surface area contributed by atoms with E-state index < -0.39 is 30.0 Å². The molecule has 1 amide bonds. The normalized spacial score (nSPS) is 13.6. The second-order valence-electron chi connectivity index (χ2n) is 12.4. The number of carbonyl (C=O) groups excluding carboxylic acids is 4. The van der Waals surface area contributed by atoms with Gasteiger partial charge in [0.05, 0.1) is 7.11 Å². The van der Waals surface area contributed by atoms with Crippen molar-refractivity contribution in [3.63, 3.8) is 0 Å². The molecule has 0 aliphatic heterocycles. The zero-order valence-corrected chi connectivity index (χ0v) is 28.2. The summed E-state index contributed by atoms with van der Waals surface area (Å²) in [6, 6.07) is 12.2. The number of esters is 2. The molecule has 12 heteroatoms. The summed E-state index contributed by atoms with van der Waals surface area (Å²) in [6.45, 7) is 9.17. The predicted octanol–water partition coefficient (Wildman–Crippen LogP) is 4.32. The molecule has 2 atom stereocenters. The molecule has 0 radical (unpaired) electrons. The number of carbonyl (C=O) groups is 4. The Morgan fingerprint density at radius 3 is 2.35 bits per heavy atom. The van der Waals surface area contributed by atoms with Crippen molar-refractivity contribution in [2.75, 3.05) is 20.3 Å². The number of ketones is 1. The van der Waals surface area contributed by atoms with Crippen LogP contribution in [0.1, 0.15) is 81.6 Å². The van der Waals surface area contributed by atoms with Gasteiger partial charge in [-0.05, 0) is 67.0 Å². The van der Waals surface area contributed by atoms with Gasteiger partial charge in [-0.2, -0.15) is 0 Å². The third-order valence-corrected chi connectivity index (χ3v) is 8.14. The largest absolute Gasteiger partial charge is 0.496 e. The topological polar surface area (TPSA) is 197 Å². The second kappa shape index (κ2) is 16.2. The zero-order valence-electron chi connectivity index (χ0n) is 28.2. The Morgan fingerprint density at radius 2 is 1.76 bits per heavy atom. The standard InChI is InChI=1S/C37H43N5O7/c1-6-24-16-28(30(43)15-22-9-11-25(12-10-22)34(39)40)27(17-31(24)47-5)26-13-14-29(35(44)41-18-23-7-8-23)42-33(26)37(46)48-19-21(4)49-36(45)32(38)20(2)3/h6,9-14,16-17,20-21,23,32H,1,7-8,15,18-19,38H2,2-5H3,(H3,39,40)(H,41,44)/t21-,32-/m0/s1. The molecule has 0 unspecified atom stereocenters. The van der Waals surface area contributed by atoms with Crippen molar-refractivity contribution in [3.8, 4) is 16.9 Å². The summed E-state index contributed by atoms with van der Waals surface area (Å²) < 4.78 is 16.5. The van der Waals surface area contributed by atoms with Crippen molar-refractivity contribution in [1.29, 1.82) is 5.41 Å². The highest BCUT2D eigenvalue weighted by atomic mass is 16.6. The number of methoxy groups -OCH3 is 1. The minimum Gasteiger partial charge on any atom is -0.496 e. The summed E-state index contributed by atoms with van der Waals surface area (Å²) in [7, 11) is 1.47. The fraction of sp³-hybridized carbons (Fsp3) is 0.351. The lowest BCUT2D eigenvalue weighted by Crippen LogP contribution is -2.39. The first kappa shape index (κ1) is 36.5. The number of nitrogens with two attached hydrogens (primary N) is 2. The van der Waals surface area contributed by atoms with E-state index in [1.165, 1.54) is 13.2 Å². The predicted molar refractivity (Wildman–Crippen MR) is 186 cm³/mol. The van der Waals surface area contributed by atoms with E-state index in [4.69, 9.17) is 31.1 Å². The lowest BCUT2D eigenvalue weighted by Gasteiger charge is -2.19. The van der Waals surface area contributed by atoms with Gasteiger partial charge in [0.25, 0.3) is 5.91 Å². The average molecular weight is 670 g/mol. The molecule has 0 saturated heterocycles. The van der Waals surface area contributed by atoms with Gasteiger partial charge in [0.2, 0.25) is 0 Å². The Hall–Kier alpha value is -5.36. The van der Waals surface area contributed by atoms with E-state index in [-0.39, 0.29) is 53.1 Å². The smallest absolute Gasteiger partial charge is 0.357 e. The number of rotatable bonds is 16. The summed E-state index contributed by atoms with van der Waals surface area (Å²) in [4.78, 5) is 57.5. The number of nitrogens with zero attached hydrogens (tertiary/aromatic N) is 1. The lowest BCUT2D eigenvalue weighted by molar-refractivity contribution is -0.152. The van der Waals surface area contributed by atoms with Crippen LogP contribution >= 0.6 is 0 Å². The molecule has 49 heavy (non-hydrogen) atoms. The van der Waals surface area contributed by atoms with Crippen LogP contribution in [0.3, 0.4) is 0 Å². The van der Waals surface area contributed by atoms with Gasteiger partial charge < -0.3 is 31.0 Å². The molecule has 12 nitrogen and oxygen atoms in total. The Bertz CT molecular complexity index is 1750. The number of amides is 1. The molecule has 1 aliphatic rings. The van der Waals surface area contributed by atoms with Gasteiger partial charge in [0, 0.05) is 35.2 Å². The Kier molecular flexibility index (Phi) is 12.0. The SMILES string of the molecule is C=Cc1cc(C(=O)Cc2ccc(C(=N)N)cc2)c(-c2ccc(C(=O)NCC3CC3)nc2C(=O)OC[C@H](C)OC(=O)[C@@H](N)C(C)C)cc1OC. The molecule has 1 saturated carbocycles. The van der Waals surface area contributed by atoms with Gasteiger partial charge in [0.15, 0.2) is 11.5 Å². The first-order valence-corrected chi connectivity index (χ1v) is 16.1. The quantitative estimate of drug-likeness (QED) is 0.0738. The van der Waals surface area contributed by atoms with E-state index in [1.807, 2.05) is 0 Å². The highest BCUT2D eigenvalue weighted by molar-refractivity contribution is 6.07. The molecule has 1 heterocycles. The van der Waals surface area contributed by atoms with Crippen LogP contribution in [-0.4, -0.2) is 66.9 Å². The highest BCUT2D eigenvalue weighted by Crippen LogP contribution is 2.35. The van der Waals surface area contributed by atoms with E-state index >= 15 is 0 Å². The molecule has 1 fully saturated rings. The number of hydrogen-bond acceptors (Lipinski definition) is 10. The van der Waals surface area contributed by atoms with Gasteiger partial charge in [-0.25, -0.2) is 9.78 Å². The number of nitrogens with one attached hydrogen (secondary N) is 2. The molecule has 1 aromatic heterocycles. The van der Waals surface area contributed by atoms with Gasteiger partial charge in [-0.1, -0.05) is 50.8 Å². The van der Waals surface area contributed by atoms with Crippen LogP contribution in [0.25, 0.3) is 17.2 Å². The molecular formula is C37H43N5O7. The number of ether oxygens (including phenoxy) is 3. The fourth-order valence-electron chi connectivity index (χ4n) is 4.92. The van der Waals surface area contributed by atoms with E-state index in [1.54, 1.807) is 69.3 Å². The number of nitrogen functional groups attached to an aromatic ring is 1. The molecule has 0 spiro atoms. The van der Waals surface area contributed by atoms with Crippen molar-refractivity contribution in [1.82, 2.24) is 10.3 Å². The molecule has 3 aromatic rings. The summed E-state index contributed by atoms with van der Waals surface area (Å²) in [6.07, 6.45) is 2.79. The van der Waals surface area contributed by atoms with Crippen molar-refractivity contribution in [2.24, 2.45) is 23.3 Å². The van der Waals surface area contributed by atoms with Crippen LogP contribution in [0, 0.1) is 17.2 Å². The Morgan fingerprint density at radius 1 is 1.06 bits per heavy atom. The number of amidine groups is 1. The summed E-state index contributed by atoms with van der Waals surface area (Å²) >= 11 is 0. The highest BCUT2D eigenvalue weighted by Gasteiger charge is 2.27. The Balaban J connectivity index is 1.73. The van der Waals surface area contributed by atoms with Crippen LogP contribution in [0.2, 0.25) is 0 Å². The minimum absolute atomic E-state index is 0.00755. The molecule has 0 bridgehead atoms. The van der Waals surface area contributed by atoms with Gasteiger partial charge in [0.1, 0.15) is 36.0 Å². The second-order valence-corrected chi connectivity index (χ2v) is 12.4. The number of pyridine rings is 1. The van der Waals surface area contributed by atoms with E-state index in [0.717, 1.165) is 12.8 Å². The number of aromatic nitrogens is 1. The molecule has 1 aliphatic carbocycles. The molecule has 4 rings (SSSR count). The summed E-state index contributed by atoms with van der Waals surface area (Å²) in [5.41, 5.74) is 13.8. The number of Topliss-reactive ketones (excluding diaryl/α,β-unsaturated/α-hetero) is 1. The summed E-state index contributed by atoms with van der Waals surface area (Å²) in [5.74, 6) is -1.69. The van der Waals surface area contributed by atoms with Gasteiger partial charge in [-0.3, -0.25) is 19.8 Å². The van der Waals surface area contributed by atoms with Crippen LogP contribution in [0.5, 0.6) is 5.75 Å².